The maximum atomic E-state index is 12.6. The van der Waals surface area contributed by atoms with E-state index in [1.54, 1.807) is 6.07 Å². The van der Waals surface area contributed by atoms with Crippen molar-refractivity contribution in [2.45, 2.75) is 25.1 Å². The Morgan fingerprint density at radius 3 is 2.87 bits per heavy atom. The Morgan fingerprint density at radius 2 is 2.13 bits per heavy atom. The Balaban J connectivity index is 1.30. The van der Waals surface area contributed by atoms with E-state index < -0.39 is 6.10 Å². The number of aliphatic hydroxyl groups is 1. The smallest absolute Gasteiger partial charge is 0.318 e. The highest BCUT2D eigenvalue weighted by Gasteiger charge is 2.22. The maximum Gasteiger partial charge on any atom is 0.318 e. The Morgan fingerprint density at radius 1 is 1.33 bits per heavy atom. The highest BCUT2D eigenvalue weighted by Crippen LogP contribution is 2.18. The third-order valence-corrected chi connectivity index (χ3v) is 5.29. The van der Waals surface area contributed by atoms with Gasteiger partial charge >= 0.3 is 6.01 Å². The molecule has 2 aliphatic rings. The first-order chi connectivity index (χ1) is 14.6. The van der Waals surface area contributed by atoms with Gasteiger partial charge in [0.25, 0.3) is 5.91 Å². The lowest BCUT2D eigenvalue weighted by molar-refractivity contribution is 0.0209. The molecular weight excluding hydrogens is 386 g/mol. The second-order valence-corrected chi connectivity index (χ2v) is 7.62. The van der Waals surface area contributed by atoms with Crippen LogP contribution < -0.4 is 15.4 Å². The van der Waals surface area contributed by atoms with Crippen LogP contribution in [0.25, 0.3) is 0 Å². The van der Waals surface area contributed by atoms with Gasteiger partial charge < -0.3 is 25.2 Å². The number of anilines is 1. The number of nitrogens with one attached hydrogen (secondary N) is 2. The Kier molecular flexibility index (Phi) is 6.41. The number of hydrogen-bond donors (Lipinski definition) is 3. The number of amides is 1. The molecule has 4 rings (SSSR count). The molecule has 3 heterocycles. The van der Waals surface area contributed by atoms with Crippen LogP contribution in [0.1, 0.15) is 21.6 Å². The summed E-state index contributed by atoms with van der Waals surface area (Å²) >= 11 is 0. The molecule has 9 heteroatoms. The first-order valence-electron chi connectivity index (χ1n) is 10.1. The van der Waals surface area contributed by atoms with E-state index in [-0.39, 0.29) is 30.2 Å². The van der Waals surface area contributed by atoms with E-state index in [2.05, 4.69) is 43.7 Å². The van der Waals surface area contributed by atoms with E-state index >= 15 is 0 Å². The molecule has 2 aromatic rings. The second kappa shape index (κ2) is 9.38. The third-order valence-electron chi connectivity index (χ3n) is 5.29. The third kappa shape index (κ3) is 5.05. The number of carbonyl (C=O) groups is 1. The van der Waals surface area contributed by atoms with Gasteiger partial charge in [-0.3, -0.25) is 9.69 Å². The lowest BCUT2D eigenvalue weighted by Crippen LogP contribution is -2.42. The molecule has 1 aromatic heterocycles. The van der Waals surface area contributed by atoms with Crippen LogP contribution in [0, 0.1) is 0 Å². The quantitative estimate of drug-likeness (QED) is 0.572. The number of ether oxygens (including phenoxy) is 2. The highest BCUT2D eigenvalue weighted by molar-refractivity contribution is 5.93. The summed E-state index contributed by atoms with van der Waals surface area (Å²) < 4.78 is 10.2. The van der Waals surface area contributed by atoms with Gasteiger partial charge in [-0.15, -0.1) is 0 Å². The summed E-state index contributed by atoms with van der Waals surface area (Å²) in [4.78, 5) is 23.1. The topological polar surface area (TPSA) is 109 Å². The number of methoxy groups -OCH3 is 1. The molecule has 1 aromatic carbocycles. The molecule has 0 spiro atoms. The fourth-order valence-electron chi connectivity index (χ4n) is 3.61. The van der Waals surface area contributed by atoms with E-state index in [0.29, 0.717) is 25.6 Å². The zero-order valence-corrected chi connectivity index (χ0v) is 17.0. The van der Waals surface area contributed by atoms with Crippen LogP contribution in [0.3, 0.4) is 0 Å². The van der Waals surface area contributed by atoms with Crippen molar-refractivity contribution in [3.63, 3.8) is 0 Å². The number of aliphatic hydroxyl groups excluding tert-OH is 1. The van der Waals surface area contributed by atoms with Crippen molar-refractivity contribution in [1.82, 2.24) is 20.2 Å². The lowest BCUT2D eigenvalue weighted by Gasteiger charge is -2.30. The van der Waals surface area contributed by atoms with Crippen molar-refractivity contribution in [3.8, 4) is 6.01 Å². The lowest BCUT2D eigenvalue weighted by atomic mass is 10.00. The van der Waals surface area contributed by atoms with Crippen molar-refractivity contribution >= 4 is 11.7 Å². The largest absolute Gasteiger partial charge is 0.467 e. The van der Waals surface area contributed by atoms with Crippen molar-refractivity contribution in [2.75, 3.05) is 45.3 Å². The molecule has 3 N–H and O–H groups in total. The second-order valence-electron chi connectivity index (χ2n) is 7.62. The molecule has 9 nitrogen and oxygen atoms in total. The molecule has 0 radical (unpaired) electrons. The Bertz CT molecular complexity index is 889. The molecule has 1 unspecified atom stereocenters. The van der Waals surface area contributed by atoms with Crippen molar-refractivity contribution < 1.29 is 19.4 Å². The van der Waals surface area contributed by atoms with Crippen LogP contribution in [0.15, 0.2) is 30.3 Å². The van der Waals surface area contributed by atoms with Crippen LogP contribution in [0.2, 0.25) is 0 Å². The predicted octanol–water partition coefficient (Wildman–Crippen LogP) is 0.445. The minimum atomic E-state index is -0.673. The van der Waals surface area contributed by atoms with Crippen LogP contribution in [-0.2, 0) is 17.7 Å². The van der Waals surface area contributed by atoms with Gasteiger partial charge in [-0.2, -0.15) is 9.97 Å². The molecule has 30 heavy (non-hydrogen) atoms. The van der Waals surface area contributed by atoms with Crippen LogP contribution >= 0.6 is 0 Å². The molecule has 1 fully saturated rings. The average Bonchev–Trinajstić information content (AvgIpc) is 2.74. The highest BCUT2D eigenvalue weighted by atomic mass is 16.5. The summed E-state index contributed by atoms with van der Waals surface area (Å²) in [7, 11) is 1.45. The first kappa shape index (κ1) is 20.5. The van der Waals surface area contributed by atoms with E-state index in [9.17, 15) is 9.90 Å². The molecule has 0 bridgehead atoms. The van der Waals surface area contributed by atoms with Gasteiger partial charge in [0.2, 0.25) is 0 Å². The van der Waals surface area contributed by atoms with Crippen LogP contribution in [0.5, 0.6) is 6.01 Å². The average molecular weight is 413 g/mol. The number of hydrogen-bond acceptors (Lipinski definition) is 8. The molecule has 160 valence electrons. The summed E-state index contributed by atoms with van der Waals surface area (Å²) in [6, 6.07) is 10.2. The van der Waals surface area contributed by atoms with Gasteiger partial charge in [0, 0.05) is 32.2 Å². The molecule has 0 saturated carbocycles. The molecule has 1 amide bonds. The van der Waals surface area contributed by atoms with Gasteiger partial charge in [-0.05, 0) is 17.5 Å². The van der Waals surface area contributed by atoms with E-state index in [4.69, 9.17) is 9.47 Å². The summed E-state index contributed by atoms with van der Waals surface area (Å²) in [6.07, 6.45) is 0.297. The van der Waals surface area contributed by atoms with E-state index in [1.807, 2.05) is 6.07 Å². The number of carbonyl (C=O) groups excluding carboxylic acids is 1. The standard InChI is InChI=1S/C21H27N5O4/c1-29-21-24-18(8-19(25-21)23-16-12-30-13-16)20(28)22-9-17(27)11-26-7-6-14-4-2-3-5-15(14)10-26/h2-5,8,16-17,27H,6-7,9-13H2,1H3,(H,22,28)(H,23,24,25). The number of fused-ring (bicyclic) bond motifs is 1. The van der Waals surface area contributed by atoms with Gasteiger partial charge in [0.05, 0.1) is 32.5 Å². The molecule has 1 atom stereocenters. The predicted molar refractivity (Wildman–Crippen MR) is 111 cm³/mol. The van der Waals surface area contributed by atoms with Gasteiger partial charge in [0.1, 0.15) is 11.5 Å². The number of β-amino-alcohol motifs (C(OH)–C–C–N with tert-alkyl or cyclic N) is 1. The Hall–Kier alpha value is -2.75. The van der Waals surface area contributed by atoms with Gasteiger partial charge in [-0.1, -0.05) is 24.3 Å². The monoisotopic (exact) mass is 413 g/mol. The number of benzene rings is 1. The fraction of sp³-hybridized carbons (Fsp3) is 0.476. The number of nitrogens with zero attached hydrogens (tertiary/aromatic N) is 3. The minimum Gasteiger partial charge on any atom is -0.467 e. The van der Waals surface area contributed by atoms with Crippen LogP contribution in [0.4, 0.5) is 5.82 Å². The normalized spacial score (nSPS) is 17.5. The van der Waals surface area contributed by atoms with Crippen molar-refractivity contribution in [2.24, 2.45) is 0 Å². The molecule has 0 aliphatic carbocycles. The maximum absolute atomic E-state index is 12.6. The van der Waals surface area contributed by atoms with E-state index in [1.165, 1.54) is 18.2 Å². The summed E-state index contributed by atoms with van der Waals surface area (Å²) in [6.45, 7) is 3.54. The van der Waals surface area contributed by atoms with Crippen molar-refractivity contribution in [3.05, 3.63) is 47.2 Å². The van der Waals surface area contributed by atoms with Gasteiger partial charge in [0.15, 0.2) is 0 Å². The zero-order chi connectivity index (χ0) is 20.9. The first-order valence-corrected chi connectivity index (χ1v) is 10.1. The van der Waals surface area contributed by atoms with Crippen LogP contribution in [-0.4, -0.2) is 78.0 Å². The Labute approximate surface area is 175 Å². The van der Waals surface area contributed by atoms with E-state index in [0.717, 1.165) is 19.5 Å². The molecule has 1 saturated heterocycles. The fourth-order valence-corrected chi connectivity index (χ4v) is 3.61. The summed E-state index contributed by atoms with van der Waals surface area (Å²) in [5.41, 5.74) is 2.85. The zero-order valence-electron chi connectivity index (χ0n) is 17.0. The molecular formula is C21H27N5O4. The SMILES string of the molecule is COc1nc(NC2COC2)cc(C(=O)NCC(O)CN2CCc3ccccc3C2)n1. The minimum absolute atomic E-state index is 0.109. The van der Waals surface area contributed by atoms with Crippen molar-refractivity contribution in [1.29, 1.82) is 0 Å². The number of rotatable bonds is 8. The number of aromatic nitrogens is 2. The summed E-state index contributed by atoms with van der Waals surface area (Å²) in [5, 5.41) is 16.4. The van der Waals surface area contributed by atoms with Gasteiger partial charge in [-0.25, -0.2) is 0 Å². The molecule has 2 aliphatic heterocycles. The summed E-state index contributed by atoms with van der Waals surface area (Å²) in [5.74, 6) is 0.125.